The van der Waals surface area contributed by atoms with Crippen LogP contribution in [-0.4, -0.2) is 43.2 Å². The monoisotopic (exact) mass is 406 g/mol. The van der Waals surface area contributed by atoms with Gasteiger partial charge in [-0.3, -0.25) is 9.59 Å². The lowest BCUT2D eigenvalue weighted by atomic mass is 9.98. The molecule has 1 aromatic heterocycles. The Labute approximate surface area is 173 Å². The number of carbonyl (C=O) groups excluding carboxylic acids is 2. The molecular formula is C23H22N2O5. The highest BCUT2D eigenvalue weighted by molar-refractivity contribution is 6.12. The number of carbonyl (C=O) groups is 2. The average Bonchev–Trinajstić information content (AvgIpc) is 3.07. The molecule has 2 aromatic carbocycles. The summed E-state index contributed by atoms with van der Waals surface area (Å²) >= 11 is 0. The van der Waals surface area contributed by atoms with E-state index in [1.807, 2.05) is 6.07 Å². The number of hydrogen-bond acceptors (Lipinski definition) is 5. The van der Waals surface area contributed by atoms with Gasteiger partial charge in [0, 0.05) is 41.4 Å². The first-order valence-corrected chi connectivity index (χ1v) is 9.95. The quantitative estimate of drug-likeness (QED) is 0.619. The van der Waals surface area contributed by atoms with Crippen molar-refractivity contribution in [3.05, 3.63) is 53.3 Å². The van der Waals surface area contributed by atoms with Crippen molar-refractivity contribution in [1.82, 2.24) is 10.6 Å². The van der Waals surface area contributed by atoms with Gasteiger partial charge in [-0.05, 0) is 36.8 Å². The zero-order valence-electron chi connectivity index (χ0n) is 16.7. The van der Waals surface area contributed by atoms with Crippen LogP contribution in [0.1, 0.15) is 26.5 Å². The van der Waals surface area contributed by atoms with Gasteiger partial charge in [-0.2, -0.15) is 0 Å². The van der Waals surface area contributed by atoms with E-state index < -0.39 is 0 Å². The Morgan fingerprint density at radius 3 is 2.57 bits per heavy atom. The second-order valence-electron chi connectivity index (χ2n) is 7.93. The zero-order valence-corrected chi connectivity index (χ0v) is 16.7. The Bertz CT molecular complexity index is 1170. The van der Waals surface area contributed by atoms with Gasteiger partial charge in [0.15, 0.2) is 0 Å². The van der Waals surface area contributed by atoms with Crippen LogP contribution >= 0.6 is 0 Å². The summed E-state index contributed by atoms with van der Waals surface area (Å²) < 4.78 is 11.3. The molecular weight excluding hydrogens is 384 g/mol. The summed E-state index contributed by atoms with van der Waals surface area (Å²) in [6.45, 7) is 3.17. The third-order valence-corrected chi connectivity index (χ3v) is 6.08. The molecule has 2 atom stereocenters. The fraction of sp³-hybridized carbons (Fsp3) is 0.304. The van der Waals surface area contributed by atoms with Crippen molar-refractivity contribution in [3.63, 3.8) is 0 Å². The van der Waals surface area contributed by atoms with Crippen LogP contribution in [0.2, 0.25) is 0 Å². The minimum atomic E-state index is -0.331. The van der Waals surface area contributed by atoms with Crippen LogP contribution in [-0.2, 0) is 4.74 Å². The van der Waals surface area contributed by atoms with Gasteiger partial charge in [-0.25, -0.2) is 0 Å². The molecule has 2 heterocycles. The lowest BCUT2D eigenvalue weighted by Gasteiger charge is -2.10. The van der Waals surface area contributed by atoms with E-state index in [0.29, 0.717) is 52.9 Å². The summed E-state index contributed by atoms with van der Waals surface area (Å²) in [7, 11) is 1.54. The molecule has 0 radical (unpaired) electrons. The van der Waals surface area contributed by atoms with Crippen molar-refractivity contribution in [2.45, 2.75) is 13.0 Å². The summed E-state index contributed by atoms with van der Waals surface area (Å²) in [6.07, 6.45) is 0. The van der Waals surface area contributed by atoms with Crippen molar-refractivity contribution < 1.29 is 23.8 Å². The van der Waals surface area contributed by atoms with Gasteiger partial charge in [-0.1, -0.05) is 12.1 Å². The second-order valence-corrected chi connectivity index (χ2v) is 7.93. The number of phenols is 1. The Morgan fingerprint density at radius 1 is 1.10 bits per heavy atom. The van der Waals surface area contributed by atoms with Gasteiger partial charge in [0.25, 0.3) is 11.8 Å². The highest BCUT2D eigenvalue weighted by atomic mass is 16.5. The molecule has 1 aliphatic carbocycles. The fourth-order valence-electron chi connectivity index (χ4n) is 4.46. The topological polar surface area (TPSA) is 101 Å². The summed E-state index contributed by atoms with van der Waals surface area (Å²) in [5.41, 5.74) is 2.61. The Morgan fingerprint density at radius 2 is 1.87 bits per heavy atom. The molecule has 5 rings (SSSR count). The van der Waals surface area contributed by atoms with Gasteiger partial charge < -0.3 is 24.9 Å². The molecule has 2 unspecified atom stereocenters. The number of aromatic hydroxyl groups is 1. The number of hydrogen-bond donors (Lipinski definition) is 3. The van der Waals surface area contributed by atoms with E-state index in [9.17, 15) is 14.7 Å². The highest BCUT2D eigenvalue weighted by Gasteiger charge is 2.54. The number of phenolic OH excluding ortho intramolecular Hbond substituents is 1. The number of rotatable bonds is 4. The van der Waals surface area contributed by atoms with Crippen LogP contribution in [0.4, 0.5) is 0 Å². The maximum Gasteiger partial charge on any atom is 0.254 e. The largest absolute Gasteiger partial charge is 0.508 e. The third kappa shape index (κ3) is 2.93. The first-order chi connectivity index (χ1) is 14.5. The number of nitrogens with one attached hydrogen (secondary N) is 2. The molecule has 3 aromatic rings. The van der Waals surface area contributed by atoms with E-state index in [1.54, 1.807) is 37.3 Å². The number of fused-ring (bicyclic) bond motifs is 2. The predicted octanol–water partition coefficient (Wildman–Crippen LogP) is 2.85. The lowest BCUT2D eigenvalue weighted by Crippen LogP contribution is -2.30. The standard InChI is InChI=1S/C23H22N2O5/c1-11-19(12-4-3-5-14(26)6-12)15-7-13(8-16(21(15)30-11)23(28)24-2)22(27)25-20-17-9-29-10-18(17)20/h3-8,17-18,20,26H,9-10H2,1-2H3,(H,24,28)(H,25,27). The van der Waals surface area contributed by atoms with E-state index >= 15 is 0 Å². The Balaban J connectivity index is 1.62. The molecule has 0 bridgehead atoms. The van der Waals surface area contributed by atoms with Crippen LogP contribution in [0.15, 0.2) is 40.8 Å². The molecule has 7 nitrogen and oxygen atoms in total. The van der Waals surface area contributed by atoms with Gasteiger partial charge in [-0.15, -0.1) is 0 Å². The van der Waals surface area contributed by atoms with Crippen molar-refractivity contribution in [1.29, 1.82) is 0 Å². The predicted molar refractivity (Wildman–Crippen MR) is 110 cm³/mol. The second kappa shape index (κ2) is 6.88. The van der Waals surface area contributed by atoms with Crippen LogP contribution in [0.3, 0.4) is 0 Å². The van der Waals surface area contributed by atoms with Gasteiger partial charge in [0.05, 0.1) is 18.8 Å². The van der Waals surface area contributed by atoms with Crippen LogP contribution in [0.25, 0.3) is 22.1 Å². The van der Waals surface area contributed by atoms with E-state index in [1.165, 1.54) is 7.05 Å². The minimum absolute atomic E-state index is 0.127. The highest BCUT2D eigenvalue weighted by Crippen LogP contribution is 2.44. The first kappa shape index (κ1) is 18.7. The van der Waals surface area contributed by atoms with Crippen molar-refractivity contribution in [2.75, 3.05) is 20.3 Å². The van der Waals surface area contributed by atoms with E-state index in [4.69, 9.17) is 9.15 Å². The van der Waals surface area contributed by atoms with Crippen LogP contribution in [0, 0.1) is 18.8 Å². The average molecular weight is 406 g/mol. The molecule has 1 aliphatic heterocycles. The fourth-order valence-corrected chi connectivity index (χ4v) is 4.46. The molecule has 3 N–H and O–H groups in total. The summed E-state index contributed by atoms with van der Waals surface area (Å²) in [5.74, 6) is 0.950. The normalized spacial score (nSPS) is 22.0. The molecule has 2 fully saturated rings. The van der Waals surface area contributed by atoms with Crippen molar-refractivity contribution in [2.24, 2.45) is 11.8 Å². The minimum Gasteiger partial charge on any atom is -0.508 e. The Kier molecular flexibility index (Phi) is 4.29. The molecule has 1 saturated heterocycles. The van der Waals surface area contributed by atoms with Gasteiger partial charge in [0.2, 0.25) is 0 Å². The number of ether oxygens (including phenoxy) is 1. The number of benzene rings is 2. The number of aryl methyl sites for hydroxylation is 1. The summed E-state index contributed by atoms with van der Waals surface area (Å²) in [6, 6.07) is 10.3. The van der Waals surface area contributed by atoms with Crippen LogP contribution < -0.4 is 10.6 Å². The maximum absolute atomic E-state index is 13.0. The maximum atomic E-state index is 13.0. The van der Waals surface area contributed by atoms with E-state index in [2.05, 4.69) is 10.6 Å². The third-order valence-electron chi connectivity index (χ3n) is 6.08. The molecule has 0 spiro atoms. The molecule has 2 aliphatic rings. The zero-order chi connectivity index (χ0) is 21.0. The summed E-state index contributed by atoms with van der Waals surface area (Å²) in [4.78, 5) is 25.5. The molecule has 1 saturated carbocycles. The van der Waals surface area contributed by atoms with Gasteiger partial charge >= 0.3 is 0 Å². The first-order valence-electron chi connectivity index (χ1n) is 9.95. The van der Waals surface area contributed by atoms with Crippen molar-refractivity contribution in [3.8, 4) is 16.9 Å². The smallest absolute Gasteiger partial charge is 0.254 e. The van der Waals surface area contributed by atoms with Gasteiger partial charge in [0.1, 0.15) is 17.1 Å². The SMILES string of the molecule is CNC(=O)c1cc(C(=O)NC2C3COCC32)cc2c(-c3cccc(O)c3)c(C)oc12. The molecule has 154 valence electrons. The van der Waals surface area contributed by atoms with E-state index in [0.717, 1.165) is 11.1 Å². The van der Waals surface area contributed by atoms with Crippen molar-refractivity contribution >= 4 is 22.8 Å². The Hall–Kier alpha value is -3.32. The van der Waals surface area contributed by atoms with E-state index in [-0.39, 0.29) is 23.6 Å². The molecule has 7 heteroatoms. The summed E-state index contributed by atoms with van der Waals surface area (Å²) in [5, 5.41) is 16.3. The molecule has 2 amide bonds. The number of amides is 2. The number of furan rings is 1. The van der Waals surface area contributed by atoms with Crippen LogP contribution in [0.5, 0.6) is 5.75 Å². The molecule has 30 heavy (non-hydrogen) atoms. The lowest BCUT2D eigenvalue weighted by molar-refractivity contribution is 0.0929.